The van der Waals surface area contributed by atoms with E-state index in [2.05, 4.69) is 20.9 Å². The maximum absolute atomic E-state index is 9.93. The molecule has 0 atom stereocenters. The van der Waals surface area contributed by atoms with E-state index in [1.807, 2.05) is 23.6 Å². The number of nitrogens with zero attached hydrogens (tertiary/aromatic N) is 1. The van der Waals surface area contributed by atoms with Crippen LogP contribution in [-0.4, -0.2) is 17.2 Å². The van der Waals surface area contributed by atoms with E-state index in [-0.39, 0.29) is 0 Å². The van der Waals surface area contributed by atoms with Crippen LogP contribution >= 0.6 is 27.3 Å². The SMILES string of the molecule is COc1ccc(Br)cc1-c1nc(C(C)(C)O)cs1. The molecule has 2 aromatic rings. The molecule has 3 nitrogen and oxygen atoms in total. The zero-order valence-corrected chi connectivity index (χ0v) is 12.8. The minimum atomic E-state index is -0.923. The molecule has 0 spiro atoms. The van der Waals surface area contributed by atoms with Crippen molar-refractivity contribution >= 4 is 27.3 Å². The molecule has 0 amide bonds. The molecule has 96 valence electrons. The van der Waals surface area contributed by atoms with Crippen LogP contribution in [0.1, 0.15) is 19.5 Å². The molecular weight excluding hydrogens is 314 g/mol. The maximum Gasteiger partial charge on any atom is 0.129 e. The number of benzene rings is 1. The van der Waals surface area contributed by atoms with E-state index in [1.54, 1.807) is 21.0 Å². The zero-order valence-electron chi connectivity index (χ0n) is 10.4. The zero-order chi connectivity index (χ0) is 13.3. The summed E-state index contributed by atoms with van der Waals surface area (Å²) in [7, 11) is 1.64. The number of ether oxygens (including phenoxy) is 1. The third-order valence-corrected chi connectivity index (χ3v) is 3.89. The quantitative estimate of drug-likeness (QED) is 0.932. The normalized spacial score (nSPS) is 11.6. The maximum atomic E-state index is 9.93. The number of hydrogen-bond acceptors (Lipinski definition) is 4. The van der Waals surface area contributed by atoms with Gasteiger partial charge in [0.05, 0.1) is 18.4 Å². The van der Waals surface area contributed by atoms with Gasteiger partial charge in [-0.15, -0.1) is 11.3 Å². The summed E-state index contributed by atoms with van der Waals surface area (Å²) >= 11 is 4.94. The molecule has 5 heteroatoms. The van der Waals surface area contributed by atoms with Crippen molar-refractivity contribution < 1.29 is 9.84 Å². The summed E-state index contributed by atoms with van der Waals surface area (Å²) in [5, 5.41) is 12.6. The van der Waals surface area contributed by atoms with Crippen LogP contribution in [0.3, 0.4) is 0 Å². The van der Waals surface area contributed by atoms with E-state index in [9.17, 15) is 5.11 Å². The first-order valence-corrected chi connectivity index (χ1v) is 7.11. The molecule has 0 fully saturated rings. The van der Waals surface area contributed by atoms with Crippen molar-refractivity contribution in [2.45, 2.75) is 19.4 Å². The second kappa shape index (κ2) is 4.99. The Kier molecular flexibility index (Phi) is 3.75. The average molecular weight is 328 g/mol. The van der Waals surface area contributed by atoms with Crippen molar-refractivity contribution in [1.82, 2.24) is 4.98 Å². The Labute approximate surface area is 119 Å². The molecule has 1 aromatic heterocycles. The molecule has 0 saturated heterocycles. The molecule has 0 unspecified atom stereocenters. The molecule has 2 rings (SSSR count). The standard InChI is InChI=1S/C13H14BrNO2S/c1-13(2,16)11-7-18-12(15-11)9-6-8(14)4-5-10(9)17-3/h4-7,16H,1-3H3. The van der Waals surface area contributed by atoms with Gasteiger partial charge in [-0.2, -0.15) is 0 Å². The highest BCUT2D eigenvalue weighted by Gasteiger charge is 2.21. The van der Waals surface area contributed by atoms with Crippen molar-refractivity contribution in [2.75, 3.05) is 7.11 Å². The predicted molar refractivity (Wildman–Crippen MR) is 77.0 cm³/mol. The van der Waals surface area contributed by atoms with Crippen molar-refractivity contribution in [3.8, 4) is 16.3 Å². The predicted octanol–water partition coefficient (Wildman–Crippen LogP) is 3.81. The third kappa shape index (κ3) is 2.74. The minimum Gasteiger partial charge on any atom is -0.496 e. The number of methoxy groups -OCH3 is 1. The van der Waals surface area contributed by atoms with Gasteiger partial charge in [0, 0.05) is 9.85 Å². The van der Waals surface area contributed by atoms with Crippen LogP contribution in [0.2, 0.25) is 0 Å². The molecule has 0 radical (unpaired) electrons. The van der Waals surface area contributed by atoms with Crippen LogP contribution in [0.4, 0.5) is 0 Å². The summed E-state index contributed by atoms with van der Waals surface area (Å²) in [6.07, 6.45) is 0. The lowest BCUT2D eigenvalue weighted by Gasteiger charge is -2.13. The van der Waals surface area contributed by atoms with Crippen LogP contribution in [-0.2, 0) is 5.60 Å². The van der Waals surface area contributed by atoms with Crippen LogP contribution < -0.4 is 4.74 Å². The highest BCUT2D eigenvalue weighted by Crippen LogP contribution is 2.36. The van der Waals surface area contributed by atoms with E-state index in [1.165, 1.54) is 11.3 Å². The first kappa shape index (κ1) is 13.5. The van der Waals surface area contributed by atoms with Gasteiger partial charge in [-0.05, 0) is 32.0 Å². The van der Waals surface area contributed by atoms with E-state index < -0.39 is 5.60 Å². The molecule has 1 aromatic carbocycles. The fraction of sp³-hybridized carbons (Fsp3) is 0.308. The summed E-state index contributed by atoms with van der Waals surface area (Å²) in [5.41, 5.74) is 0.672. The molecule has 0 aliphatic heterocycles. The Morgan fingerprint density at radius 2 is 2.11 bits per heavy atom. The number of rotatable bonds is 3. The Bertz CT molecular complexity index is 560. The van der Waals surface area contributed by atoms with Gasteiger partial charge in [0.1, 0.15) is 16.4 Å². The molecule has 0 aliphatic rings. The van der Waals surface area contributed by atoms with E-state index >= 15 is 0 Å². The summed E-state index contributed by atoms with van der Waals surface area (Å²) in [6, 6.07) is 5.78. The Balaban J connectivity index is 2.49. The monoisotopic (exact) mass is 327 g/mol. The number of hydrogen-bond donors (Lipinski definition) is 1. The fourth-order valence-corrected chi connectivity index (χ4v) is 2.89. The smallest absolute Gasteiger partial charge is 0.129 e. The molecule has 0 aliphatic carbocycles. The average Bonchev–Trinajstić information content (AvgIpc) is 2.77. The number of aliphatic hydroxyl groups is 1. The number of aromatic nitrogens is 1. The van der Waals surface area contributed by atoms with Gasteiger partial charge in [-0.3, -0.25) is 0 Å². The topological polar surface area (TPSA) is 42.4 Å². The molecule has 1 heterocycles. The Morgan fingerprint density at radius 3 is 2.67 bits per heavy atom. The van der Waals surface area contributed by atoms with Crippen LogP contribution in [0.25, 0.3) is 10.6 Å². The van der Waals surface area contributed by atoms with Gasteiger partial charge in [0.2, 0.25) is 0 Å². The van der Waals surface area contributed by atoms with Crippen molar-refractivity contribution in [3.63, 3.8) is 0 Å². The lowest BCUT2D eigenvalue weighted by molar-refractivity contribution is 0.0746. The van der Waals surface area contributed by atoms with E-state index in [0.717, 1.165) is 20.8 Å². The first-order chi connectivity index (χ1) is 8.41. The Morgan fingerprint density at radius 1 is 1.39 bits per heavy atom. The lowest BCUT2D eigenvalue weighted by atomic mass is 10.1. The van der Waals surface area contributed by atoms with E-state index in [4.69, 9.17) is 4.74 Å². The summed E-state index contributed by atoms with van der Waals surface area (Å²) < 4.78 is 6.30. The summed E-state index contributed by atoms with van der Waals surface area (Å²) in [5.74, 6) is 0.773. The molecule has 0 saturated carbocycles. The highest BCUT2D eigenvalue weighted by atomic mass is 79.9. The highest BCUT2D eigenvalue weighted by molar-refractivity contribution is 9.10. The second-order valence-corrected chi connectivity index (χ2v) is 6.22. The van der Waals surface area contributed by atoms with Gasteiger partial charge in [0.15, 0.2) is 0 Å². The Hall–Kier alpha value is -0.910. The van der Waals surface area contributed by atoms with E-state index in [0.29, 0.717) is 5.69 Å². The summed E-state index contributed by atoms with van der Waals surface area (Å²) in [6.45, 7) is 3.45. The molecule has 0 bridgehead atoms. The molecular formula is C13H14BrNO2S. The first-order valence-electron chi connectivity index (χ1n) is 5.44. The van der Waals surface area contributed by atoms with Crippen molar-refractivity contribution in [3.05, 3.63) is 33.7 Å². The third-order valence-electron chi connectivity index (χ3n) is 2.52. The van der Waals surface area contributed by atoms with Crippen LogP contribution in [0, 0.1) is 0 Å². The molecule has 1 N–H and O–H groups in total. The van der Waals surface area contributed by atoms with Gasteiger partial charge >= 0.3 is 0 Å². The van der Waals surface area contributed by atoms with Gasteiger partial charge in [-0.1, -0.05) is 15.9 Å². The van der Waals surface area contributed by atoms with Gasteiger partial charge < -0.3 is 9.84 Å². The second-order valence-electron chi connectivity index (χ2n) is 4.44. The van der Waals surface area contributed by atoms with Gasteiger partial charge in [0.25, 0.3) is 0 Å². The van der Waals surface area contributed by atoms with Gasteiger partial charge in [-0.25, -0.2) is 4.98 Å². The van der Waals surface area contributed by atoms with Crippen LogP contribution in [0.5, 0.6) is 5.75 Å². The van der Waals surface area contributed by atoms with Crippen LogP contribution in [0.15, 0.2) is 28.1 Å². The minimum absolute atomic E-state index is 0.671. The molecule has 18 heavy (non-hydrogen) atoms. The summed E-state index contributed by atoms with van der Waals surface area (Å²) in [4.78, 5) is 4.47. The van der Waals surface area contributed by atoms with Crippen molar-refractivity contribution in [1.29, 1.82) is 0 Å². The number of halogens is 1. The fourth-order valence-electron chi connectivity index (χ4n) is 1.53. The number of thiazole rings is 1. The largest absolute Gasteiger partial charge is 0.496 e. The van der Waals surface area contributed by atoms with Crippen molar-refractivity contribution in [2.24, 2.45) is 0 Å². The lowest BCUT2D eigenvalue weighted by Crippen LogP contribution is -2.15.